The van der Waals surface area contributed by atoms with E-state index in [1.807, 2.05) is 0 Å². The van der Waals surface area contributed by atoms with Crippen molar-refractivity contribution in [2.75, 3.05) is 13.7 Å². The number of amides is 1. The minimum Gasteiger partial charge on any atom is -0.396 e. The topological polar surface area (TPSA) is 82.5 Å². The van der Waals surface area contributed by atoms with Crippen molar-refractivity contribution < 1.29 is 15.0 Å². The Morgan fingerprint density at radius 2 is 2.00 bits per heavy atom. The normalized spacial score (nSPS) is 32.0. The van der Waals surface area contributed by atoms with Crippen molar-refractivity contribution in [1.82, 2.24) is 10.3 Å². The number of aliphatic hydroxyl groups is 2. The van der Waals surface area contributed by atoms with Gasteiger partial charge in [0.05, 0.1) is 11.7 Å². The van der Waals surface area contributed by atoms with Gasteiger partial charge in [0, 0.05) is 26.0 Å². The Morgan fingerprint density at radius 3 is 2.65 bits per heavy atom. The standard InChI is InChI=1S/C19H32O2.C7H8N2O/c1-18(2)8-6-13-10-14(4-5-17(13)18)19(3)9-7-16(21)11-15(19)12-20;1-8-7(10)6-3-2-4-9-5-6/h14-16,20-21H,4-12H2,1-3H3;2-5H,1H3,(H,8,10). The molecule has 1 fully saturated rings. The van der Waals surface area contributed by atoms with Crippen molar-refractivity contribution in [1.29, 1.82) is 0 Å². The zero-order valence-electron chi connectivity index (χ0n) is 19.7. The van der Waals surface area contributed by atoms with Crippen molar-refractivity contribution in [2.45, 2.75) is 78.2 Å². The maximum atomic E-state index is 10.9. The lowest BCUT2D eigenvalue weighted by molar-refractivity contribution is -0.0455. The number of aromatic nitrogens is 1. The molecule has 4 atom stereocenters. The van der Waals surface area contributed by atoms with Crippen molar-refractivity contribution in [2.24, 2.45) is 22.7 Å². The highest BCUT2D eigenvalue weighted by molar-refractivity contribution is 5.93. The van der Waals surface area contributed by atoms with Gasteiger partial charge < -0.3 is 15.5 Å². The summed E-state index contributed by atoms with van der Waals surface area (Å²) >= 11 is 0. The molecule has 0 bridgehead atoms. The molecule has 31 heavy (non-hydrogen) atoms. The first-order valence-electron chi connectivity index (χ1n) is 11.8. The summed E-state index contributed by atoms with van der Waals surface area (Å²) in [6.07, 6.45) is 12.2. The molecule has 3 aliphatic rings. The molecule has 1 aromatic heterocycles. The lowest BCUT2D eigenvalue weighted by Crippen LogP contribution is -2.44. The van der Waals surface area contributed by atoms with Gasteiger partial charge in [-0.05, 0) is 86.2 Å². The van der Waals surface area contributed by atoms with E-state index in [9.17, 15) is 15.0 Å². The second-order valence-electron chi connectivity index (χ2n) is 10.5. The van der Waals surface area contributed by atoms with Crippen LogP contribution in [0.5, 0.6) is 0 Å². The Labute approximate surface area is 187 Å². The van der Waals surface area contributed by atoms with Crippen molar-refractivity contribution in [3.05, 3.63) is 41.2 Å². The van der Waals surface area contributed by atoms with E-state index in [1.54, 1.807) is 36.5 Å². The highest BCUT2D eigenvalue weighted by atomic mass is 16.3. The summed E-state index contributed by atoms with van der Waals surface area (Å²) < 4.78 is 0. The second-order valence-corrected chi connectivity index (χ2v) is 10.5. The van der Waals surface area contributed by atoms with Gasteiger partial charge in [-0.15, -0.1) is 0 Å². The largest absolute Gasteiger partial charge is 0.396 e. The molecule has 1 aromatic rings. The van der Waals surface area contributed by atoms with Gasteiger partial charge in [-0.2, -0.15) is 0 Å². The molecule has 4 rings (SSSR count). The van der Waals surface area contributed by atoms with Gasteiger partial charge in [0.25, 0.3) is 5.91 Å². The zero-order chi connectivity index (χ0) is 22.6. The molecule has 3 N–H and O–H groups in total. The van der Waals surface area contributed by atoms with Crippen molar-refractivity contribution in [3.8, 4) is 0 Å². The summed E-state index contributed by atoms with van der Waals surface area (Å²) in [6.45, 7) is 7.44. The maximum absolute atomic E-state index is 10.9. The van der Waals surface area contributed by atoms with E-state index in [-0.39, 0.29) is 30.0 Å². The first-order valence-corrected chi connectivity index (χ1v) is 11.8. The minimum absolute atomic E-state index is 0.104. The molecule has 172 valence electrons. The third-order valence-electron chi connectivity index (χ3n) is 8.34. The third-order valence-corrected chi connectivity index (χ3v) is 8.34. The molecule has 0 radical (unpaired) electrons. The van der Waals surface area contributed by atoms with E-state index in [0.29, 0.717) is 16.9 Å². The number of nitrogens with one attached hydrogen (secondary N) is 1. The first kappa shape index (κ1) is 23.9. The van der Waals surface area contributed by atoms with Crippen LogP contribution in [-0.2, 0) is 0 Å². The molecule has 5 heteroatoms. The molecule has 0 aromatic carbocycles. The number of rotatable bonds is 3. The fourth-order valence-corrected chi connectivity index (χ4v) is 6.12. The number of nitrogens with zero attached hydrogens (tertiary/aromatic N) is 1. The monoisotopic (exact) mass is 428 g/mol. The molecular formula is C26H40N2O3. The van der Waals surface area contributed by atoms with E-state index >= 15 is 0 Å². The fraction of sp³-hybridized carbons (Fsp3) is 0.692. The average molecular weight is 429 g/mol. The lowest BCUT2D eigenvalue weighted by Gasteiger charge is -2.49. The van der Waals surface area contributed by atoms with Crippen LogP contribution in [0.25, 0.3) is 0 Å². The quantitative estimate of drug-likeness (QED) is 0.619. The van der Waals surface area contributed by atoms with Crippen LogP contribution in [0.15, 0.2) is 35.7 Å². The summed E-state index contributed by atoms with van der Waals surface area (Å²) in [5, 5.41) is 22.3. The summed E-state index contributed by atoms with van der Waals surface area (Å²) in [6, 6.07) is 3.44. The van der Waals surface area contributed by atoms with Crippen LogP contribution >= 0.6 is 0 Å². The van der Waals surface area contributed by atoms with Crippen molar-refractivity contribution >= 4 is 5.91 Å². The van der Waals surface area contributed by atoms with Crippen LogP contribution in [0.1, 0.15) is 82.5 Å². The van der Waals surface area contributed by atoms with Gasteiger partial charge in [0.1, 0.15) is 0 Å². The predicted molar refractivity (Wildman–Crippen MR) is 124 cm³/mol. The lowest BCUT2D eigenvalue weighted by atomic mass is 9.56. The molecule has 0 saturated heterocycles. The minimum atomic E-state index is -0.195. The smallest absolute Gasteiger partial charge is 0.252 e. The number of hydrogen-bond acceptors (Lipinski definition) is 4. The van der Waals surface area contributed by atoms with Gasteiger partial charge in [-0.1, -0.05) is 31.9 Å². The van der Waals surface area contributed by atoms with Gasteiger partial charge in [0.15, 0.2) is 0 Å². The summed E-state index contributed by atoms with van der Waals surface area (Å²) in [5.41, 5.74) is 4.73. The summed E-state index contributed by atoms with van der Waals surface area (Å²) in [7, 11) is 1.59. The second kappa shape index (κ2) is 9.83. The molecule has 0 aliphatic heterocycles. The van der Waals surface area contributed by atoms with Crippen LogP contribution in [0.3, 0.4) is 0 Å². The molecule has 1 heterocycles. The third kappa shape index (κ3) is 5.20. The Kier molecular flexibility index (Phi) is 7.59. The highest BCUT2D eigenvalue weighted by Gasteiger charge is 2.47. The van der Waals surface area contributed by atoms with Crippen LogP contribution in [-0.4, -0.2) is 40.9 Å². The molecule has 4 unspecified atom stereocenters. The van der Waals surface area contributed by atoms with Crippen LogP contribution in [0, 0.1) is 22.7 Å². The van der Waals surface area contributed by atoms with Crippen LogP contribution < -0.4 is 5.32 Å². The summed E-state index contributed by atoms with van der Waals surface area (Å²) in [5.74, 6) is 0.880. The number of pyridine rings is 1. The number of carbonyl (C=O) groups is 1. The van der Waals surface area contributed by atoms with E-state index in [1.165, 1.54) is 38.3 Å². The van der Waals surface area contributed by atoms with Gasteiger partial charge >= 0.3 is 0 Å². The predicted octanol–water partition coefficient (Wildman–Crippen LogP) is 4.50. The maximum Gasteiger partial charge on any atom is 0.252 e. The molecular weight excluding hydrogens is 388 g/mol. The van der Waals surface area contributed by atoms with Crippen molar-refractivity contribution in [3.63, 3.8) is 0 Å². The molecule has 0 spiro atoms. The van der Waals surface area contributed by atoms with Gasteiger partial charge in [0.2, 0.25) is 0 Å². The zero-order valence-corrected chi connectivity index (χ0v) is 19.7. The Morgan fingerprint density at radius 1 is 1.23 bits per heavy atom. The van der Waals surface area contributed by atoms with Gasteiger partial charge in [-0.3, -0.25) is 9.78 Å². The van der Waals surface area contributed by atoms with Crippen LogP contribution in [0.2, 0.25) is 0 Å². The highest BCUT2D eigenvalue weighted by Crippen LogP contribution is 2.56. The van der Waals surface area contributed by atoms with E-state index in [2.05, 4.69) is 31.1 Å². The Bertz CT molecular complexity index is 789. The fourth-order valence-electron chi connectivity index (χ4n) is 6.12. The summed E-state index contributed by atoms with van der Waals surface area (Å²) in [4.78, 5) is 14.7. The average Bonchev–Trinajstić information content (AvgIpc) is 3.10. The molecule has 3 aliphatic carbocycles. The van der Waals surface area contributed by atoms with Gasteiger partial charge in [-0.25, -0.2) is 0 Å². The van der Waals surface area contributed by atoms with E-state index < -0.39 is 0 Å². The SMILES string of the molecule is CC1(C)CCC2=C1CCC(C1(C)CCC(O)CC1CO)C2.CNC(=O)c1cccnc1. The number of aliphatic hydroxyl groups excluding tert-OH is 2. The number of allylic oxidation sites excluding steroid dienone is 2. The number of carbonyl (C=O) groups excluding carboxylic acids is 1. The molecule has 1 amide bonds. The van der Waals surface area contributed by atoms with Crippen LogP contribution in [0.4, 0.5) is 0 Å². The Balaban J connectivity index is 0.000000229. The number of hydrogen-bond donors (Lipinski definition) is 3. The van der Waals surface area contributed by atoms with E-state index in [0.717, 1.165) is 19.3 Å². The molecule has 1 saturated carbocycles. The van der Waals surface area contributed by atoms with E-state index in [4.69, 9.17) is 0 Å². The molecule has 5 nitrogen and oxygen atoms in total. The Hall–Kier alpha value is -1.72. The first-order chi connectivity index (χ1) is 14.7.